The number of aromatic nitrogens is 2. The first-order valence-electron chi connectivity index (χ1n) is 8.53. The van der Waals surface area contributed by atoms with Crippen LogP contribution in [-0.2, 0) is 13.0 Å². The van der Waals surface area contributed by atoms with Crippen LogP contribution in [0.15, 0.2) is 42.6 Å². The molecule has 0 amide bonds. The number of fused-ring (bicyclic) bond motifs is 1. The second-order valence-electron chi connectivity index (χ2n) is 6.33. The molecule has 5 heteroatoms. The summed E-state index contributed by atoms with van der Waals surface area (Å²) in [6.45, 7) is 5.83. The number of benzene rings is 1. The van der Waals surface area contributed by atoms with Gasteiger partial charge in [-0.15, -0.1) is 0 Å². The molecule has 1 aromatic carbocycles. The van der Waals surface area contributed by atoms with Crippen LogP contribution in [0.4, 0.5) is 0 Å². The van der Waals surface area contributed by atoms with E-state index in [4.69, 9.17) is 12.2 Å². The lowest BCUT2D eigenvalue weighted by atomic mass is 10.1. The van der Waals surface area contributed by atoms with Crippen LogP contribution in [0.1, 0.15) is 22.5 Å². The van der Waals surface area contributed by atoms with Gasteiger partial charge in [0.25, 0.3) is 0 Å². The molecule has 0 aliphatic carbocycles. The zero-order valence-electron chi connectivity index (χ0n) is 15.0. The van der Waals surface area contributed by atoms with Crippen LogP contribution < -0.4 is 5.32 Å². The van der Waals surface area contributed by atoms with Crippen molar-refractivity contribution >= 4 is 28.2 Å². The van der Waals surface area contributed by atoms with Crippen molar-refractivity contribution in [2.75, 3.05) is 13.6 Å². The van der Waals surface area contributed by atoms with Crippen molar-refractivity contribution in [3.05, 3.63) is 65.1 Å². The fourth-order valence-electron chi connectivity index (χ4n) is 3.16. The average molecular weight is 353 g/mol. The highest BCUT2D eigenvalue weighted by atomic mass is 32.1. The lowest BCUT2D eigenvalue weighted by molar-refractivity contribution is 0.407. The molecule has 0 bridgehead atoms. The fourth-order valence-corrected chi connectivity index (χ4v) is 3.32. The molecular weight excluding hydrogens is 328 g/mol. The van der Waals surface area contributed by atoms with Gasteiger partial charge in [0.15, 0.2) is 5.11 Å². The number of H-pyrrole nitrogens is 1. The van der Waals surface area contributed by atoms with E-state index in [1.807, 2.05) is 31.4 Å². The molecular formula is C20H24N4S. The number of hydrogen-bond donors (Lipinski definition) is 2. The number of hydrogen-bond acceptors (Lipinski definition) is 2. The Morgan fingerprint density at radius 3 is 2.80 bits per heavy atom. The summed E-state index contributed by atoms with van der Waals surface area (Å²) in [4.78, 5) is 10.1. The van der Waals surface area contributed by atoms with Gasteiger partial charge >= 0.3 is 0 Å². The third kappa shape index (κ3) is 3.99. The van der Waals surface area contributed by atoms with Gasteiger partial charge in [0, 0.05) is 36.4 Å². The van der Waals surface area contributed by atoms with Crippen molar-refractivity contribution in [1.29, 1.82) is 0 Å². The smallest absolute Gasteiger partial charge is 0.169 e. The van der Waals surface area contributed by atoms with Crippen LogP contribution in [0.3, 0.4) is 0 Å². The molecule has 130 valence electrons. The monoisotopic (exact) mass is 352 g/mol. The zero-order valence-corrected chi connectivity index (χ0v) is 15.8. The van der Waals surface area contributed by atoms with Gasteiger partial charge in [-0.3, -0.25) is 4.98 Å². The van der Waals surface area contributed by atoms with Crippen LogP contribution in [0.5, 0.6) is 0 Å². The van der Waals surface area contributed by atoms with Crippen LogP contribution in [0.25, 0.3) is 10.9 Å². The summed E-state index contributed by atoms with van der Waals surface area (Å²) in [5.74, 6) is 0. The Morgan fingerprint density at radius 2 is 2.08 bits per heavy atom. The highest BCUT2D eigenvalue weighted by Gasteiger charge is 2.13. The first-order valence-corrected chi connectivity index (χ1v) is 8.93. The number of pyridine rings is 1. The summed E-state index contributed by atoms with van der Waals surface area (Å²) < 4.78 is 0. The largest absolute Gasteiger partial charge is 0.366 e. The highest BCUT2D eigenvalue weighted by molar-refractivity contribution is 7.80. The van der Waals surface area contributed by atoms with Crippen molar-refractivity contribution in [2.45, 2.75) is 26.8 Å². The van der Waals surface area contributed by atoms with Crippen molar-refractivity contribution in [3.63, 3.8) is 0 Å². The Bertz CT molecular complexity index is 870. The van der Waals surface area contributed by atoms with E-state index in [1.54, 1.807) is 0 Å². The molecule has 0 aliphatic rings. The van der Waals surface area contributed by atoms with Crippen molar-refractivity contribution in [1.82, 2.24) is 20.2 Å². The van der Waals surface area contributed by atoms with Crippen LogP contribution >= 0.6 is 12.2 Å². The first-order chi connectivity index (χ1) is 12.1. The maximum absolute atomic E-state index is 5.50. The minimum Gasteiger partial charge on any atom is -0.366 e. The third-order valence-electron chi connectivity index (χ3n) is 4.49. The minimum absolute atomic E-state index is 0.709. The van der Waals surface area contributed by atoms with Gasteiger partial charge in [-0.05, 0) is 62.3 Å². The predicted molar refractivity (Wildman–Crippen MR) is 108 cm³/mol. The SMILES string of the molecule is CNC(=S)N(CCc1c(C)[nH]c2ccc(C)cc12)Cc1ccccn1. The zero-order chi connectivity index (χ0) is 17.8. The molecule has 2 heterocycles. The summed E-state index contributed by atoms with van der Waals surface area (Å²) in [5.41, 5.74) is 6.10. The van der Waals surface area contributed by atoms with Crippen molar-refractivity contribution < 1.29 is 0 Å². The number of thiocarbonyl (C=S) groups is 1. The van der Waals surface area contributed by atoms with Gasteiger partial charge < -0.3 is 15.2 Å². The second-order valence-corrected chi connectivity index (χ2v) is 6.71. The molecule has 0 spiro atoms. The third-order valence-corrected chi connectivity index (χ3v) is 4.95. The van der Waals surface area contributed by atoms with E-state index < -0.39 is 0 Å². The van der Waals surface area contributed by atoms with E-state index in [1.165, 1.54) is 27.7 Å². The molecule has 0 atom stereocenters. The molecule has 0 radical (unpaired) electrons. The maximum Gasteiger partial charge on any atom is 0.169 e. The molecule has 25 heavy (non-hydrogen) atoms. The number of rotatable bonds is 5. The quantitative estimate of drug-likeness (QED) is 0.687. The van der Waals surface area contributed by atoms with Gasteiger partial charge in [-0.25, -0.2) is 0 Å². The standard InChI is InChI=1S/C20H24N4S/c1-14-7-8-19-18(12-14)17(15(2)23-19)9-11-24(20(25)21-3)13-16-6-4-5-10-22-16/h4-8,10,12,23H,9,11,13H2,1-3H3,(H,21,25). The number of nitrogens with zero attached hydrogens (tertiary/aromatic N) is 2. The fraction of sp³-hybridized carbons (Fsp3) is 0.300. The normalized spacial score (nSPS) is 10.8. The first kappa shape index (κ1) is 17.4. The summed E-state index contributed by atoms with van der Waals surface area (Å²) in [7, 11) is 1.87. The molecule has 0 unspecified atom stereocenters. The second kappa shape index (κ2) is 7.66. The van der Waals surface area contributed by atoms with E-state index in [9.17, 15) is 0 Å². The summed E-state index contributed by atoms with van der Waals surface area (Å²) in [5, 5.41) is 5.16. The number of aryl methyl sites for hydroxylation is 2. The Kier molecular flexibility index (Phi) is 5.34. The van der Waals surface area contributed by atoms with Gasteiger partial charge in [0.05, 0.1) is 12.2 Å². The van der Waals surface area contributed by atoms with Crippen LogP contribution in [0, 0.1) is 13.8 Å². The van der Waals surface area contributed by atoms with Crippen molar-refractivity contribution in [3.8, 4) is 0 Å². The molecule has 0 saturated heterocycles. The van der Waals surface area contributed by atoms with Crippen LogP contribution in [-0.4, -0.2) is 33.6 Å². The Hall–Kier alpha value is -2.40. The topological polar surface area (TPSA) is 44.0 Å². The van der Waals surface area contributed by atoms with E-state index in [2.05, 4.69) is 52.2 Å². The molecule has 0 fully saturated rings. The van der Waals surface area contributed by atoms with Crippen molar-refractivity contribution in [2.24, 2.45) is 0 Å². The molecule has 0 saturated carbocycles. The lowest BCUT2D eigenvalue weighted by Crippen LogP contribution is -2.38. The lowest BCUT2D eigenvalue weighted by Gasteiger charge is -2.24. The molecule has 0 aliphatic heterocycles. The summed E-state index contributed by atoms with van der Waals surface area (Å²) in [6, 6.07) is 12.5. The molecule has 3 aromatic rings. The highest BCUT2D eigenvalue weighted by Crippen LogP contribution is 2.24. The summed E-state index contributed by atoms with van der Waals surface area (Å²) in [6.07, 6.45) is 2.76. The van der Waals surface area contributed by atoms with Gasteiger partial charge in [-0.2, -0.15) is 0 Å². The van der Waals surface area contributed by atoms with E-state index in [0.717, 1.165) is 23.8 Å². The predicted octanol–water partition coefficient (Wildman–Crippen LogP) is 3.73. The Labute approximate surface area is 154 Å². The molecule has 3 rings (SSSR count). The van der Waals surface area contributed by atoms with Crippen LogP contribution in [0.2, 0.25) is 0 Å². The van der Waals surface area contributed by atoms with Gasteiger partial charge in [-0.1, -0.05) is 17.7 Å². The Balaban J connectivity index is 1.80. The average Bonchev–Trinajstić information content (AvgIpc) is 2.93. The number of nitrogens with one attached hydrogen (secondary N) is 2. The molecule has 2 aromatic heterocycles. The maximum atomic E-state index is 5.50. The molecule has 2 N–H and O–H groups in total. The number of aromatic amines is 1. The summed E-state index contributed by atoms with van der Waals surface area (Å²) >= 11 is 5.50. The van der Waals surface area contributed by atoms with Gasteiger partial charge in [0.1, 0.15) is 0 Å². The van der Waals surface area contributed by atoms with E-state index in [0.29, 0.717) is 6.54 Å². The molecule has 4 nitrogen and oxygen atoms in total. The van der Waals surface area contributed by atoms with E-state index in [-0.39, 0.29) is 0 Å². The minimum atomic E-state index is 0.709. The van der Waals surface area contributed by atoms with Gasteiger partial charge in [0.2, 0.25) is 0 Å². The Morgan fingerprint density at radius 1 is 1.24 bits per heavy atom. The van der Waals surface area contributed by atoms with E-state index >= 15 is 0 Å².